The van der Waals surface area contributed by atoms with Crippen LogP contribution < -0.4 is 5.32 Å². The standard InChI is InChI=1S/C30H40N6O5/c1-30(2,3)41-29(40)32-23(27(38)35-12-6-7-20(35)15-31)17-34-16-21-14-25(34)28(39)36(21)24-11-9-18-13-19(8-10-22(18)24)26(37)33(4)5/h8,10,13,20-21,23-25H,6-7,9,11-12,14,16-17H2,1-5H3,(H,32,40)/t20-,21+,23-,24+,25+/m0/s1. The van der Waals surface area contributed by atoms with Crippen molar-refractivity contribution in [2.24, 2.45) is 0 Å². The quantitative estimate of drug-likeness (QED) is 0.561. The second-order valence-electron chi connectivity index (χ2n) is 12.8. The predicted molar refractivity (Wildman–Crippen MR) is 150 cm³/mol. The Kier molecular flexibility index (Phi) is 7.72. The lowest BCUT2D eigenvalue weighted by atomic mass is 10.0. The molecule has 11 heteroatoms. The maximum atomic E-state index is 13.7. The van der Waals surface area contributed by atoms with Gasteiger partial charge in [0.15, 0.2) is 0 Å². The van der Waals surface area contributed by atoms with Crippen molar-refractivity contribution in [1.82, 2.24) is 24.9 Å². The van der Waals surface area contributed by atoms with Gasteiger partial charge < -0.3 is 24.8 Å². The summed E-state index contributed by atoms with van der Waals surface area (Å²) in [5.41, 5.74) is 2.13. The molecule has 0 unspecified atom stereocenters. The van der Waals surface area contributed by atoms with Gasteiger partial charge in [-0.05, 0) is 76.1 Å². The summed E-state index contributed by atoms with van der Waals surface area (Å²) in [5, 5.41) is 12.3. The van der Waals surface area contributed by atoms with Gasteiger partial charge in [-0.15, -0.1) is 0 Å². The van der Waals surface area contributed by atoms with Crippen LogP contribution in [0.15, 0.2) is 18.2 Å². The molecule has 0 aromatic heterocycles. The highest BCUT2D eigenvalue weighted by Gasteiger charge is 2.53. The Morgan fingerprint density at radius 2 is 1.95 bits per heavy atom. The fourth-order valence-corrected chi connectivity index (χ4v) is 6.81. The third-order valence-corrected chi connectivity index (χ3v) is 8.58. The highest BCUT2D eigenvalue weighted by atomic mass is 16.6. The number of nitrogens with one attached hydrogen (secondary N) is 1. The minimum absolute atomic E-state index is 0.00227. The smallest absolute Gasteiger partial charge is 0.408 e. The van der Waals surface area contributed by atoms with Crippen LogP contribution in [0.4, 0.5) is 4.79 Å². The van der Waals surface area contributed by atoms with Crippen LogP contribution in [0, 0.1) is 11.3 Å². The Labute approximate surface area is 241 Å². The van der Waals surface area contributed by atoms with Crippen molar-refractivity contribution in [3.63, 3.8) is 0 Å². The van der Waals surface area contributed by atoms with Crippen molar-refractivity contribution in [2.75, 3.05) is 33.7 Å². The van der Waals surface area contributed by atoms with Gasteiger partial charge in [0.1, 0.15) is 17.7 Å². The molecule has 3 aliphatic heterocycles. The fraction of sp³-hybridized carbons (Fsp3) is 0.633. The largest absolute Gasteiger partial charge is 0.444 e. The van der Waals surface area contributed by atoms with Gasteiger partial charge >= 0.3 is 6.09 Å². The number of aryl methyl sites for hydroxylation is 1. The Morgan fingerprint density at radius 3 is 2.61 bits per heavy atom. The van der Waals surface area contributed by atoms with E-state index in [1.807, 2.05) is 28.0 Å². The molecule has 220 valence electrons. The molecular weight excluding hydrogens is 524 g/mol. The van der Waals surface area contributed by atoms with Crippen LogP contribution in [-0.4, -0.2) is 107 Å². The van der Waals surface area contributed by atoms with E-state index >= 15 is 0 Å². The first-order chi connectivity index (χ1) is 19.4. The van der Waals surface area contributed by atoms with Gasteiger partial charge in [-0.3, -0.25) is 19.3 Å². The summed E-state index contributed by atoms with van der Waals surface area (Å²) in [6, 6.07) is 6.12. The molecule has 41 heavy (non-hydrogen) atoms. The van der Waals surface area contributed by atoms with Gasteiger partial charge in [0.25, 0.3) is 5.91 Å². The number of carbonyl (C=O) groups excluding carboxylic acids is 4. The average molecular weight is 565 g/mol. The molecule has 3 heterocycles. The third-order valence-electron chi connectivity index (χ3n) is 8.58. The second-order valence-corrected chi connectivity index (χ2v) is 12.8. The Bertz CT molecular complexity index is 1280. The van der Waals surface area contributed by atoms with E-state index in [1.54, 1.807) is 39.8 Å². The summed E-state index contributed by atoms with van der Waals surface area (Å²) in [6.07, 6.45) is 2.94. The molecule has 1 aliphatic carbocycles. The molecule has 4 amide bonds. The first-order valence-corrected chi connectivity index (χ1v) is 14.5. The zero-order chi connectivity index (χ0) is 29.6. The lowest BCUT2D eigenvalue weighted by Crippen LogP contribution is -2.59. The Balaban J connectivity index is 1.30. The predicted octanol–water partition coefficient (Wildman–Crippen LogP) is 2.07. The first kappa shape index (κ1) is 28.9. The molecule has 1 aromatic carbocycles. The zero-order valence-electron chi connectivity index (χ0n) is 24.6. The van der Waals surface area contributed by atoms with E-state index < -0.39 is 23.8 Å². The van der Waals surface area contributed by atoms with Crippen molar-refractivity contribution in [3.8, 4) is 6.07 Å². The summed E-state index contributed by atoms with van der Waals surface area (Å²) in [7, 11) is 3.47. The molecule has 5 rings (SSSR count). The number of piperazine rings is 1. The number of nitriles is 1. The van der Waals surface area contributed by atoms with Crippen LogP contribution in [0.3, 0.4) is 0 Å². The summed E-state index contributed by atoms with van der Waals surface area (Å²) >= 11 is 0. The van der Waals surface area contributed by atoms with Crippen LogP contribution in [0.25, 0.3) is 0 Å². The number of benzene rings is 1. The molecule has 2 bridgehead atoms. The second kappa shape index (κ2) is 11.0. The zero-order valence-corrected chi connectivity index (χ0v) is 24.6. The summed E-state index contributed by atoms with van der Waals surface area (Å²) in [4.78, 5) is 59.5. The number of fused-ring (bicyclic) bond motifs is 3. The lowest BCUT2D eigenvalue weighted by Gasteiger charge is -2.39. The van der Waals surface area contributed by atoms with Crippen molar-refractivity contribution >= 4 is 23.8 Å². The number of hydrogen-bond acceptors (Lipinski definition) is 7. The van der Waals surface area contributed by atoms with Crippen LogP contribution in [-0.2, 0) is 20.7 Å². The number of likely N-dealkylation sites (tertiary alicyclic amines) is 3. The number of ether oxygens (including phenoxy) is 1. The Morgan fingerprint density at radius 1 is 1.20 bits per heavy atom. The highest BCUT2D eigenvalue weighted by molar-refractivity contribution is 5.94. The number of alkyl carbamates (subject to hydrolysis) is 1. The van der Waals surface area contributed by atoms with E-state index in [1.165, 1.54) is 4.90 Å². The lowest BCUT2D eigenvalue weighted by molar-refractivity contribution is -0.141. The van der Waals surface area contributed by atoms with E-state index in [0.29, 0.717) is 31.5 Å². The third kappa shape index (κ3) is 5.62. The van der Waals surface area contributed by atoms with Gasteiger partial charge in [-0.1, -0.05) is 6.07 Å². The monoisotopic (exact) mass is 564 g/mol. The highest BCUT2D eigenvalue weighted by Crippen LogP contribution is 2.44. The summed E-state index contributed by atoms with van der Waals surface area (Å²) in [6.45, 7) is 6.50. The molecule has 3 fully saturated rings. The molecule has 11 nitrogen and oxygen atoms in total. The van der Waals surface area contributed by atoms with E-state index in [4.69, 9.17) is 4.74 Å². The van der Waals surface area contributed by atoms with E-state index in [0.717, 1.165) is 30.4 Å². The van der Waals surface area contributed by atoms with Crippen molar-refractivity contribution < 1.29 is 23.9 Å². The van der Waals surface area contributed by atoms with Gasteiger partial charge in [0.05, 0.1) is 18.2 Å². The van der Waals surface area contributed by atoms with Gasteiger partial charge in [0, 0.05) is 45.3 Å². The van der Waals surface area contributed by atoms with E-state index in [2.05, 4.69) is 11.4 Å². The molecule has 3 saturated heterocycles. The molecule has 5 atom stereocenters. The average Bonchev–Trinajstić information content (AvgIpc) is 3.69. The molecule has 1 aromatic rings. The molecule has 0 spiro atoms. The topological polar surface area (TPSA) is 126 Å². The van der Waals surface area contributed by atoms with Gasteiger partial charge in [0.2, 0.25) is 11.8 Å². The first-order valence-electron chi connectivity index (χ1n) is 14.5. The van der Waals surface area contributed by atoms with Crippen molar-refractivity contribution in [1.29, 1.82) is 5.26 Å². The fourth-order valence-electron chi connectivity index (χ4n) is 6.81. The maximum Gasteiger partial charge on any atom is 0.408 e. The van der Waals surface area contributed by atoms with E-state index in [-0.39, 0.29) is 42.4 Å². The van der Waals surface area contributed by atoms with Crippen LogP contribution >= 0.6 is 0 Å². The minimum Gasteiger partial charge on any atom is -0.444 e. The molecule has 4 aliphatic rings. The number of carbonyl (C=O) groups is 4. The Hall–Kier alpha value is -3.65. The number of rotatable bonds is 6. The normalized spacial score (nSPS) is 26.1. The molecular formula is C30H40N6O5. The number of hydrogen-bond donors (Lipinski definition) is 1. The van der Waals surface area contributed by atoms with Crippen LogP contribution in [0.5, 0.6) is 0 Å². The number of nitrogens with zero attached hydrogens (tertiary/aromatic N) is 5. The maximum absolute atomic E-state index is 13.7. The van der Waals surface area contributed by atoms with Gasteiger partial charge in [-0.25, -0.2) is 4.79 Å². The van der Waals surface area contributed by atoms with Gasteiger partial charge in [-0.2, -0.15) is 5.26 Å². The minimum atomic E-state index is -0.931. The molecule has 0 radical (unpaired) electrons. The number of amides is 4. The SMILES string of the molecule is CN(C)C(=O)c1ccc2c(c1)CC[C@H]2N1C(=O)[C@H]2C[C@@H]1CN2C[C@H](NC(=O)OC(C)(C)C)C(=O)N1CCC[C@H]1C#N. The summed E-state index contributed by atoms with van der Waals surface area (Å²) in [5.74, 6) is -0.325. The van der Waals surface area contributed by atoms with Crippen molar-refractivity contribution in [3.05, 3.63) is 34.9 Å². The van der Waals surface area contributed by atoms with Crippen LogP contribution in [0.1, 0.15) is 74.0 Å². The van der Waals surface area contributed by atoms with Crippen LogP contribution in [0.2, 0.25) is 0 Å². The molecule has 1 N–H and O–H groups in total. The van der Waals surface area contributed by atoms with E-state index in [9.17, 15) is 24.4 Å². The summed E-state index contributed by atoms with van der Waals surface area (Å²) < 4.78 is 5.43. The molecule has 0 saturated carbocycles. The van der Waals surface area contributed by atoms with Crippen molar-refractivity contribution in [2.45, 2.75) is 88.7 Å².